The van der Waals surface area contributed by atoms with E-state index in [1.807, 2.05) is 0 Å². The molecule has 0 N–H and O–H groups in total. The molecule has 0 radical (unpaired) electrons. The average molecular weight is 266 g/mol. The van der Waals surface area contributed by atoms with Crippen molar-refractivity contribution in [3.05, 3.63) is 34.9 Å². The van der Waals surface area contributed by atoms with Gasteiger partial charge in [-0.1, -0.05) is 25.5 Å². The first-order chi connectivity index (χ1) is 9.20. The lowest BCUT2D eigenvalue weighted by atomic mass is 9.77. The molecule has 1 aromatic rings. The molecular weight excluding hydrogens is 246 g/mol. The van der Waals surface area contributed by atoms with Crippen LogP contribution >= 0.6 is 0 Å². The van der Waals surface area contributed by atoms with Gasteiger partial charge in [-0.3, -0.25) is 0 Å². The summed E-state index contributed by atoms with van der Waals surface area (Å²) in [6.07, 6.45) is 5.20. The first-order valence-electron chi connectivity index (χ1n) is 7.30. The van der Waals surface area contributed by atoms with E-state index in [9.17, 15) is 8.78 Å². The highest BCUT2D eigenvalue weighted by Gasteiger charge is 2.32. The lowest BCUT2D eigenvalue weighted by Crippen LogP contribution is -2.14. The van der Waals surface area contributed by atoms with Gasteiger partial charge in [-0.2, -0.15) is 0 Å². The van der Waals surface area contributed by atoms with E-state index in [0.717, 1.165) is 31.6 Å². The van der Waals surface area contributed by atoms with Gasteiger partial charge >= 0.3 is 0 Å². The molecule has 1 aromatic carbocycles. The molecule has 2 aliphatic rings. The quantitative estimate of drug-likeness (QED) is 0.721. The molecule has 0 aromatic heterocycles. The maximum atomic E-state index is 14.2. The SMILES string of the molecule is CCC1CCC(c2ccc(C3CO3)c(F)c2F)CC1. The number of rotatable bonds is 3. The van der Waals surface area contributed by atoms with E-state index in [4.69, 9.17) is 4.74 Å². The van der Waals surface area contributed by atoms with Crippen molar-refractivity contribution >= 4 is 0 Å². The van der Waals surface area contributed by atoms with E-state index in [0.29, 0.717) is 17.7 Å². The van der Waals surface area contributed by atoms with Gasteiger partial charge in [0.15, 0.2) is 11.6 Å². The normalized spacial score (nSPS) is 30.4. The van der Waals surface area contributed by atoms with Crippen LogP contribution in [0.15, 0.2) is 12.1 Å². The molecule has 1 aliphatic heterocycles. The molecule has 1 unspecified atom stereocenters. The predicted molar refractivity (Wildman–Crippen MR) is 70.0 cm³/mol. The third-order valence-electron chi connectivity index (χ3n) is 4.69. The maximum Gasteiger partial charge on any atom is 0.165 e. The van der Waals surface area contributed by atoms with Crippen LogP contribution in [-0.4, -0.2) is 6.61 Å². The second-order valence-electron chi connectivity index (χ2n) is 5.82. The van der Waals surface area contributed by atoms with Gasteiger partial charge in [0.1, 0.15) is 6.10 Å². The van der Waals surface area contributed by atoms with Gasteiger partial charge < -0.3 is 4.74 Å². The molecule has 2 fully saturated rings. The van der Waals surface area contributed by atoms with Crippen molar-refractivity contribution in [2.75, 3.05) is 6.61 Å². The van der Waals surface area contributed by atoms with E-state index >= 15 is 0 Å². The van der Waals surface area contributed by atoms with Gasteiger partial charge in [-0.25, -0.2) is 8.78 Å². The molecular formula is C16H20F2O. The predicted octanol–water partition coefficient (Wildman–Crippen LogP) is 4.72. The summed E-state index contributed by atoms with van der Waals surface area (Å²) in [5, 5.41) is 0. The fourth-order valence-electron chi connectivity index (χ4n) is 3.25. The fourth-order valence-corrected chi connectivity index (χ4v) is 3.25. The van der Waals surface area contributed by atoms with Crippen LogP contribution in [0.1, 0.15) is 62.2 Å². The summed E-state index contributed by atoms with van der Waals surface area (Å²) >= 11 is 0. The Hall–Kier alpha value is -0.960. The van der Waals surface area contributed by atoms with Crippen molar-refractivity contribution in [3.8, 4) is 0 Å². The lowest BCUT2D eigenvalue weighted by Gasteiger charge is -2.28. The Morgan fingerprint density at radius 2 is 1.63 bits per heavy atom. The average Bonchev–Trinajstić information content (AvgIpc) is 3.26. The van der Waals surface area contributed by atoms with Crippen molar-refractivity contribution < 1.29 is 13.5 Å². The molecule has 1 heterocycles. The Morgan fingerprint density at radius 3 is 2.21 bits per heavy atom. The summed E-state index contributed by atoms with van der Waals surface area (Å²) in [6.45, 7) is 2.72. The molecule has 104 valence electrons. The molecule has 19 heavy (non-hydrogen) atoms. The van der Waals surface area contributed by atoms with Gasteiger partial charge in [0.25, 0.3) is 0 Å². The van der Waals surface area contributed by atoms with Crippen LogP contribution in [0.5, 0.6) is 0 Å². The standard InChI is InChI=1S/C16H20F2O/c1-2-10-3-5-11(6-4-10)12-7-8-13(14-9-19-14)16(18)15(12)17/h7-8,10-11,14H,2-6,9H2,1H3. The molecule has 1 saturated heterocycles. The van der Waals surface area contributed by atoms with E-state index in [1.165, 1.54) is 6.42 Å². The monoisotopic (exact) mass is 266 g/mol. The summed E-state index contributed by atoms with van der Waals surface area (Å²) in [5.74, 6) is -0.389. The first-order valence-corrected chi connectivity index (χ1v) is 7.30. The topological polar surface area (TPSA) is 12.5 Å². The van der Waals surface area contributed by atoms with Gasteiger partial charge in [0.05, 0.1) is 6.61 Å². The van der Waals surface area contributed by atoms with Crippen molar-refractivity contribution in [2.24, 2.45) is 5.92 Å². The largest absolute Gasteiger partial charge is 0.368 e. The van der Waals surface area contributed by atoms with Crippen molar-refractivity contribution in [2.45, 2.75) is 51.0 Å². The third-order valence-corrected chi connectivity index (χ3v) is 4.69. The minimum atomic E-state index is -0.697. The molecule has 3 heteroatoms. The highest BCUT2D eigenvalue weighted by Crippen LogP contribution is 2.40. The van der Waals surface area contributed by atoms with Crippen LogP contribution in [0, 0.1) is 17.6 Å². The smallest absolute Gasteiger partial charge is 0.165 e. The van der Waals surface area contributed by atoms with E-state index in [2.05, 4.69) is 6.92 Å². The van der Waals surface area contributed by atoms with Gasteiger partial charge in [-0.15, -0.1) is 0 Å². The third kappa shape index (κ3) is 2.53. The number of epoxide rings is 1. The van der Waals surface area contributed by atoms with Gasteiger partial charge in [0, 0.05) is 5.56 Å². The summed E-state index contributed by atoms with van der Waals surface area (Å²) in [4.78, 5) is 0. The molecule has 1 atom stereocenters. The first kappa shape index (κ1) is 13.0. The molecule has 0 bridgehead atoms. The molecule has 1 saturated carbocycles. The van der Waals surface area contributed by atoms with Crippen LogP contribution in [0.4, 0.5) is 8.78 Å². The van der Waals surface area contributed by atoms with Crippen molar-refractivity contribution in [1.82, 2.24) is 0 Å². The van der Waals surface area contributed by atoms with Crippen LogP contribution in [0.25, 0.3) is 0 Å². The van der Waals surface area contributed by atoms with Crippen LogP contribution in [-0.2, 0) is 4.74 Å². The van der Waals surface area contributed by atoms with Crippen molar-refractivity contribution in [3.63, 3.8) is 0 Å². The second kappa shape index (κ2) is 5.20. The number of hydrogen-bond acceptors (Lipinski definition) is 1. The Balaban J connectivity index is 1.79. The summed E-state index contributed by atoms with van der Waals surface area (Å²) in [6, 6.07) is 3.48. The number of ether oxygens (including phenoxy) is 1. The summed E-state index contributed by atoms with van der Waals surface area (Å²) < 4.78 is 33.2. The minimum absolute atomic E-state index is 0.187. The minimum Gasteiger partial charge on any atom is -0.368 e. The second-order valence-corrected chi connectivity index (χ2v) is 5.82. The highest BCUT2D eigenvalue weighted by molar-refractivity contribution is 5.32. The zero-order valence-corrected chi connectivity index (χ0v) is 11.3. The van der Waals surface area contributed by atoms with Crippen LogP contribution < -0.4 is 0 Å². The molecule has 1 aliphatic carbocycles. The van der Waals surface area contributed by atoms with E-state index in [-0.39, 0.29) is 12.0 Å². The Labute approximate surface area is 113 Å². The zero-order valence-electron chi connectivity index (χ0n) is 11.3. The molecule has 1 nitrogen and oxygen atoms in total. The summed E-state index contributed by atoms with van der Waals surface area (Å²) in [5.41, 5.74) is 0.944. The molecule has 0 spiro atoms. The molecule has 3 rings (SSSR count). The highest BCUT2D eigenvalue weighted by atomic mass is 19.2. The van der Waals surface area contributed by atoms with E-state index < -0.39 is 11.6 Å². The van der Waals surface area contributed by atoms with E-state index in [1.54, 1.807) is 12.1 Å². The zero-order chi connectivity index (χ0) is 13.4. The number of halogens is 2. The summed E-state index contributed by atoms with van der Waals surface area (Å²) in [7, 11) is 0. The number of benzene rings is 1. The Bertz CT molecular complexity index is 460. The van der Waals surface area contributed by atoms with Gasteiger partial charge in [0.2, 0.25) is 0 Å². The van der Waals surface area contributed by atoms with Crippen LogP contribution in [0.3, 0.4) is 0 Å². The molecule has 0 amide bonds. The Morgan fingerprint density at radius 1 is 1.05 bits per heavy atom. The van der Waals surface area contributed by atoms with Gasteiger partial charge in [-0.05, 0) is 43.1 Å². The fraction of sp³-hybridized carbons (Fsp3) is 0.625. The van der Waals surface area contributed by atoms with Crippen molar-refractivity contribution in [1.29, 1.82) is 0 Å². The Kier molecular flexibility index (Phi) is 3.57. The number of hydrogen-bond donors (Lipinski definition) is 0. The maximum absolute atomic E-state index is 14.2. The van der Waals surface area contributed by atoms with Crippen LogP contribution in [0.2, 0.25) is 0 Å². The lowest BCUT2D eigenvalue weighted by molar-refractivity contribution is 0.312.